The van der Waals surface area contributed by atoms with E-state index < -0.39 is 0 Å². The topological polar surface area (TPSA) is 15.3 Å². The zero-order valence-corrected chi connectivity index (χ0v) is 27.3. The Balaban J connectivity index is 1.76. The normalized spacial score (nSPS) is 15.7. The van der Waals surface area contributed by atoms with Gasteiger partial charge < -0.3 is 10.2 Å². The lowest BCUT2D eigenvalue weighted by molar-refractivity contribution is 0.143. The van der Waals surface area contributed by atoms with Crippen LogP contribution in [0.4, 0.5) is 0 Å². The summed E-state index contributed by atoms with van der Waals surface area (Å²) < 4.78 is 0. The molecule has 1 atom stereocenters. The Labute approximate surface area is 252 Å². The van der Waals surface area contributed by atoms with E-state index in [9.17, 15) is 0 Å². The van der Waals surface area contributed by atoms with Crippen LogP contribution in [0.25, 0.3) is 0 Å². The first-order chi connectivity index (χ1) is 19.2. The molecule has 0 radical (unpaired) electrons. The summed E-state index contributed by atoms with van der Waals surface area (Å²) in [6, 6.07) is 15.9. The predicted octanol–water partition coefficient (Wildman–Crippen LogP) is 9.99. The lowest BCUT2D eigenvalue weighted by atomic mass is 9.64. The first-order valence-electron chi connectivity index (χ1n) is 15.6. The van der Waals surface area contributed by atoms with E-state index in [1.54, 1.807) is 0 Å². The van der Waals surface area contributed by atoms with Crippen molar-refractivity contribution in [3.8, 4) is 0 Å². The zero-order chi connectivity index (χ0) is 30.4. The molecule has 0 aliphatic carbocycles. The number of allylic oxidation sites excluding steroid dienone is 4. The van der Waals surface area contributed by atoms with E-state index in [4.69, 9.17) is 6.58 Å². The van der Waals surface area contributed by atoms with Crippen molar-refractivity contribution in [1.82, 2.24) is 10.2 Å². The summed E-state index contributed by atoms with van der Waals surface area (Å²) in [4.78, 5) is 2.50. The Hall–Kier alpha value is -3.00. The van der Waals surface area contributed by atoms with Crippen LogP contribution >= 0.6 is 0 Å². The average molecular weight is 553 g/mol. The molecular weight excluding hydrogens is 496 g/mol. The monoisotopic (exact) mass is 552 g/mol. The fourth-order valence-electron chi connectivity index (χ4n) is 6.43. The third-order valence-electron chi connectivity index (χ3n) is 9.28. The van der Waals surface area contributed by atoms with Crippen molar-refractivity contribution >= 4 is 0 Å². The van der Waals surface area contributed by atoms with Gasteiger partial charge >= 0.3 is 0 Å². The maximum absolute atomic E-state index is 4.78. The standard InChI is InChI=1S/C39H56N2/c1-12-35-18-20-36(21-19-35)30(4)27-39(34(8)29(3)26-37-15-13-14-28(2)33(37)7)22-24-41(25-23-39)32(6)17-16-31(5)40-38(9,10)11/h13-15,18-21,30,40H,3,5-6,8,12,16-17,22-27H2,1-2,4,7,9-11H3. The number of nitrogens with zero attached hydrogens (tertiary/aromatic N) is 1. The Morgan fingerprint density at radius 3 is 2.17 bits per heavy atom. The number of nitrogens with one attached hydrogen (secondary N) is 1. The molecule has 0 bridgehead atoms. The van der Waals surface area contributed by atoms with Crippen LogP contribution in [0.3, 0.4) is 0 Å². The van der Waals surface area contributed by atoms with Crippen molar-refractivity contribution in [2.24, 2.45) is 5.41 Å². The van der Waals surface area contributed by atoms with Gasteiger partial charge in [0.1, 0.15) is 0 Å². The van der Waals surface area contributed by atoms with Gasteiger partial charge in [0.25, 0.3) is 0 Å². The van der Waals surface area contributed by atoms with Crippen LogP contribution in [0.5, 0.6) is 0 Å². The quantitative estimate of drug-likeness (QED) is 0.249. The van der Waals surface area contributed by atoms with Crippen molar-refractivity contribution in [3.05, 3.63) is 119 Å². The maximum Gasteiger partial charge on any atom is 0.0286 e. The number of hydrogen-bond acceptors (Lipinski definition) is 2. The van der Waals surface area contributed by atoms with Gasteiger partial charge in [0, 0.05) is 30.0 Å². The van der Waals surface area contributed by atoms with Crippen LogP contribution in [0.2, 0.25) is 0 Å². The third kappa shape index (κ3) is 8.74. The lowest BCUT2D eigenvalue weighted by Crippen LogP contribution is -2.41. The van der Waals surface area contributed by atoms with Crippen LogP contribution in [0.1, 0.15) is 100 Å². The molecule has 2 aromatic rings. The van der Waals surface area contributed by atoms with Gasteiger partial charge in [-0.05, 0) is 130 Å². The minimum Gasteiger partial charge on any atom is -0.384 e. The molecule has 1 aliphatic heterocycles. The second-order valence-corrected chi connectivity index (χ2v) is 13.6. The molecule has 1 saturated heterocycles. The molecule has 1 N–H and O–H groups in total. The highest BCUT2D eigenvalue weighted by Gasteiger charge is 2.39. The molecule has 41 heavy (non-hydrogen) atoms. The summed E-state index contributed by atoms with van der Waals surface area (Å²) in [7, 11) is 0. The van der Waals surface area contributed by atoms with E-state index in [1.807, 2.05) is 0 Å². The molecule has 1 heterocycles. The summed E-state index contributed by atoms with van der Waals surface area (Å²) >= 11 is 0. The number of aryl methyl sites for hydroxylation is 2. The van der Waals surface area contributed by atoms with Gasteiger partial charge in [-0.3, -0.25) is 0 Å². The smallest absolute Gasteiger partial charge is 0.0286 e. The number of rotatable bonds is 13. The highest BCUT2D eigenvalue weighted by molar-refractivity contribution is 5.42. The SMILES string of the molecule is C=C(CCC(=C)N1CCC(CC(C)c2ccc(CC)cc2)(C(=C)C(=C)Cc2cccc(C)c2C)CC1)NC(C)(C)C. The molecule has 3 rings (SSSR count). The molecule has 0 aromatic heterocycles. The Morgan fingerprint density at radius 2 is 1.59 bits per heavy atom. The number of hydrogen-bond donors (Lipinski definition) is 1. The summed E-state index contributed by atoms with van der Waals surface area (Å²) in [6.45, 7) is 35.7. The van der Waals surface area contributed by atoms with Crippen molar-refractivity contribution in [2.75, 3.05) is 13.1 Å². The molecule has 1 unspecified atom stereocenters. The van der Waals surface area contributed by atoms with E-state index in [0.29, 0.717) is 5.92 Å². The van der Waals surface area contributed by atoms with Crippen molar-refractivity contribution in [3.63, 3.8) is 0 Å². The lowest BCUT2D eigenvalue weighted by Gasteiger charge is -2.46. The molecule has 0 amide bonds. The van der Waals surface area contributed by atoms with E-state index in [0.717, 1.165) is 63.7 Å². The predicted molar refractivity (Wildman–Crippen MR) is 180 cm³/mol. The van der Waals surface area contributed by atoms with Crippen LogP contribution in [-0.2, 0) is 12.8 Å². The van der Waals surface area contributed by atoms with Gasteiger partial charge in [-0.1, -0.05) is 82.6 Å². The Kier molecular flexibility index (Phi) is 10.9. The molecule has 2 nitrogen and oxygen atoms in total. The van der Waals surface area contributed by atoms with Crippen molar-refractivity contribution in [1.29, 1.82) is 0 Å². The number of likely N-dealkylation sites (tertiary alicyclic amines) is 1. The Morgan fingerprint density at radius 1 is 0.951 bits per heavy atom. The van der Waals surface area contributed by atoms with Crippen molar-refractivity contribution in [2.45, 2.75) is 105 Å². The van der Waals surface area contributed by atoms with Gasteiger partial charge in [-0.25, -0.2) is 0 Å². The van der Waals surface area contributed by atoms with Crippen LogP contribution < -0.4 is 5.32 Å². The second kappa shape index (κ2) is 13.8. The molecule has 0 saturated carbocycles. The van der Waals surface area contributed by atoms with Crippen LogP contribution in [-0.4, -0.2) is 23.5 Å². The van der Waals surface area contributed by atoms with Gasteiger partial charge in [-0.2, -0.15) is 0 Å². The molecular formula is C39H56N2. The second-order valence-electron chi connectivity index (χ2n) is 13.6. The van der Waals surface area contributed by atoms with Crippen LogP contribution in [0.15, 0.2) is 91.3 Å². The zero-order valence-electron chi connectivity index (χ0n) is 27.3. The fraction of sp³-hybridized carbons (Fsp3) is 0.487. The van der Waals surface area contributed by atoms with Gasteiger partial charge in [0.05, 0.1) is 0 Å². The maximum atomic E-state index is 4.78. The number of benzene rings is 2. The highest BCUT2D eigenvalue weighted by atomic mass is 15.1. The van der Waals surface area contributed by atoms with Gasteiger partial charge in [0.2, 0.25) is 0 Å². The molecule has 1 aliphatic rings. The minimum absolute atomic E-state index is 0.0336. The fourth-order valence-corrected chi connectivity index (χ4v) is 6.43. The molecule has 0 spiro atoms. The minimum atomic E-state index is 0.0336. The van der Waals surface area contributed by atoms with E-state index >= 15 is 0 Å². The first-order valence-corrected chi connectivity index (χ1v) is 15.6. The van der Waals surface area contributed by atoms with E-state index in [2.05, 4.69) is 121 Å². The number of piperidine rings is 1. The summed E-state index contributed by atoms with van der Waals surface area (Å²) in [5.41, 5.74) is 11.7. The van der Waals surface area contributed by atoms with E-state index in [1.165, 1.54) is 44.7 Å². The summed E-state index contributed by atoms with van der Waals surface area (Å²) in [6.07, 6.45) is 7.05. The molecule has 2 heteroatoms. The molecule has 1 fully saturated rings. The van der Waals surface area contributed by atoms with Crippen molar-refractivity contribution < 1.29 is 0 Å². The van der Waals surface area contributed by atoms with E-state index in [-0.39, 0.29) is 11.0 Å². The molecule has 222 valence electrons. The largest absolute Gasteiger partial charge is 0.384 e. The molecule has 2 aromatic carbocycles. The first kappa shape index (κ1) is 32.5. The summed E-state index contributed by atoms with van der Waals surface area (Å²) in [5, 5.41) is 3.51. The van der Waals surface area contributed by atoms with Gasteiger partial charge in [0.15, 0.2) is 0 Å². The third-order valence-corrected chi connectivity index (χ3v) is 9.28. The average Bonchev–Trinajstić information content (AvgIpc) is 2.93. The highest BCUT2D eigenvalue weighted by Crippen LogP contribution is 2.48. The Bertz CT molecular complexity index is 1230. The van der Waals surface area contributed by atoms with Crippen LogP contribution in [0, 0.1) is 19.3 Å². The van der Waals surface area contributed by atoms with Gasteiger partial charge in [-0.15, -0.1) is 0 Å². The summed E-state index contributed by atoms with van der Waals surface area (Å²) in [5.74, 6) is 0.452.